The molecule has 1 heterocycles. The molecule has 0 fully saturated rings. The van der Waals surface area contributed by atoms with Crippen molar-refractivity contribution in [2.75, 3.05) is 12.0 Å². The number of hydrogen-bond acceptors (Lipinski definition) is 7. The first-order chi connectivity index (χ1) is 9.72. The Balaban J connectivity index is 2.24. The van der Waals surface area contributed by atoms with Crippen molar-refractivity contribution < 1.29 is 9.47 Å². The summed E-state index contributed by atoms with van der Waals surface area (Å²) in [5.74, 6) is 6.18. The number of ether oxygens (including phenoxy) is 2. The van der Waals surface area contributed by atoms with Gasteiger partial charge in [0.2, 0.25) is 5.95 Å². The van der Waals surface area contributed by atoms with E-state index in [0.29, 0.717) is 12.4 Å². The number of rotatable bonds is 6. The summed E-state index contributed by atoms with van der Waals surface area (Å²) in [5, 5.41) is 0. The Morgan fingerprint density at radius 1 is 1.15 bits per heavy atom. The molecule has 0 bridgehead atoms. The maximum absolute atomic E-state index is 5.63. The molecule has 0 aliphatic rings. The lowest BCUT2D eigenvalue weighted by Crippen LogP contribution is -2.13. The largest absolute Gasteiger partial charge is 0.463 e. The Kier molecular flexibility index (Phi) is 4.67. The number of para-hydroxylation sites is 1. The van der Waals surface area contributed by atoms with Crippen molar-refractivity contribution in [3.05, 3.63) is 29.8 Å². The van der Waals surface area contributed by atoms with E-state index in [1.54, 1.807) is 0 Å². The molecule has 0 amide bonds. The van der Waals surface area contributed by atoms with E-state index >= 15 is 0 Å². The lowest BCUT2D eigenvalue weighted by atomic mass is 10.2. The van der Waals surface area contributed by atoms with Gasteiger partial charge in [0.05, 0.1) is 6.61 Å². The Morgan fingerprint density at radius 2 is 1.90 bits per heavy atom. The minimum Gasteiger partial charge on any atom is -0.463 e. The van der Waals surface area contributed by atoms with Crippen molar-refractivity contribution in [2.45, 2.75) is 20.3 Å². The number of anilines is 1. The van der Waals surface area contributed by atoms with E-state index in [1.807, 2.05) is 38.1 Å². The van der Waals surface area contributed by atoms with Crippen LogP contribution in [0.4, 0.5) is 5.95 Å². The highest BCUT2D eigenvalue weighted by Crippen LogP contribution is 2.23. The molecule has 7 heteroatoms. The van der Waals surface area contributed by atoms with Crippen LogP contribution in [-0.4, -0.2) is 21.6 Å². The first kappa shape index (κ1) is 14.0. The fourth-order valence-electron chi connectivity index (χ4n) is 1.48. The Labute approximate surface area is 117 Å². The van der Waals surface area contributed by atoms with Gasteiger partial charge in [-0.05, 0) is 25.0 Å². The smallest absolute Gasteiger partial charge is 0.330 e. The zero-order valence-electron chi connectivity index (χ0n) is 11.5. The third-order valence-corrected chi connectivity index (χ3v) is 2.45. The number of hydrogen-bond donors (Lipinski definition) is 2. The number of aromatic nitrogens is 3. The molecule has 0 atom stereocenters. The number of nitrogen functional groups attached to an aromatic ring is 1. The number of benzene rings is 1. The molecule has 7 nitrogen and oxygen atoms in total. The van der Waals surface area contributed by atoms with Gasteiger partial charge in [0, 0.05) is 0 Å². The normalized spacial score (nSPS) is 10.2. The number of nitrogens with two attached hydrogens (primary N) is 1. The highest BCUT2D eigenvalue weighted by atomic mass is 16.5. The molecule has 0 spiro atoms. The van der Waals surface area contributed by atoms with Crippen LogP contribution >= 0.6 is 0 Å². The topological polar surface area (TPSA) is 95.2 Å². The summed E-state index contributed by atoms with van der Waals surface area (Å²) >= 11 is 0. The van der Waals surface area contributed by atoms with E-state index in [2.05, 4.69) is 20.4 Å². The number of nitrogens with zero attached hydrogens (tertiary/aromatic N) is 3. The van der Waals surface area contributed by atoms with Crippen molar-refractivity contribution in [1.82, 2.24) is 15.0 Å². The average Bonchev–Trinajstić information content (AvgIpc) is 2.47. The molecule has 0 unspecified atom stereocenters. The highest BCUT2D eigenvalue weighted by molar-refractivity contribution is 5.35. The van der Waals surface area contributed by atoms with Gasteiger partial charge in [-0.3, -0.25) is 5.43 Å². The van der Waals surface area contributed by atoms with Gasteiger partial charge >= 0.3 is 12.0 Å². The molecule has 0 aliphatic carbocycles. The van der Waals surface area contributed by atoms with Crippen LogP contribution in [0.15, 0.2) is 24.3 Å². The van der Waals surface area contributed by atoms with Gasteiger partial charge in [-0.25, -0.2) is 5.84 Å². The van der Waals surface area contributed by atoms with Gasteiger partial charge in [0.25, 0.3) is 0 Å². The second-order valence-electron chi connectivity index (χ2n) is 4.08. The molecule has 1 aromatic heterocycles. The lowest BCUT2D eigenvalue weighted by molar-refractivity contribution is 0.285. The van der Waals surface area contributed by atoms with E-state index in [1.165, 1.54) is 0 Å². The molecule has 0 saturated carbocycles. The van der Waals surface area contributed by atoms with Crippen LogP contribution in [-0.2, 0) is 0 Å². The van der Waals surface area contributed by atoms with E-state index < -0.39 is 0 Å². The molecule has 106 valence electrons. The van der Waals surface area contributed by atoms with Crippen LogP contribution in [0.5, 0.6) is 17.8 Å². The molecule has 0 radical (unpaired) electrons. The van der Waals surface area contributed by atoms with Crippen molar-refractivity contribution in [3.63, 3.8) is 0 Å². The van der Waals surface area contributed by atoms with Crippen LogP contribution < -0.4 is 20.7 Å². The molecule has 20 heavy (non-hydrogen) atoms. The standard InChI is InChI=1S/C13H17N5O2/c1-3-8-19-12-15-11(18-14)16-13(17-12)20-10-7-5-4-6-9(10)2/h4-7H,3,8,14H2,1-2H3,(H,15,16,17,18). The fourth-order valence-corrected chi connectivity index (χ4v) is 1.48. The van der Waals surface area contributed by atoms with E-state index in [4.69, 9.17) is 15.3 Å². The molecule has 0 aliphatic heterocycles. The molecule has 1 aromatic carbocycles. The summed E-state index contributed by atoms with van der Waals surface area (Å²) < 4.78 is 11.0. The first-order valence-corrected chi connectivity index (χ1v) is 6.32. The Morgan fingerprint density at radius 3 is 2.60 bits per heavy atom. The average molecular weight is 275 g/mol. The van der Waals surface area contributed by atoms with Crippen molar-refractivity contribution in [1.29, 1.82) is 0 Å². The summed E-state index contributed by atoms with van der Waals surface area (Å²) in [4.78, 5) is 12.1. The zero-order valence-corrected chi connectivity index (χ0v) is 11.5. The summed E-state index contributed by atoms with van der Waals surface area (Å²) in [7, 11) is 0. The Bertz CT molecular complexity index is 576. The zero-order chi connectivity index (χ0) is 14.4. The minimum absolute atomic E-state index is 0.133. The fraction of sp³-hybridized carbons (Fsp3) is 0.308. The second-order valence-corrected chi connectivity index (χ2v) is 4.08. The number of hydrazine groups is 1. The van der Waals surface area contributed by atoms with E-state index in [0.717, 1.165) is 12.0 Å². The summed E-state index contributed by atoms with van der Waals surface area (Å²) in [6, 6.07) is 7.89. The monoisotopic (exact) mass is 275 g/mol. The number of aryl methyl sites for hydroxylation is 1. The first-order valence-electron chi connectivity index (χ1n) is 6.32. The highest BCUT2D eigenvalue weighted by Gasteiger charge is 2.09. The van der Waals surface area contributed by atoms with Gasteiger partial charge in [0.1, 0.15) is 5.75 Å². The van der Waals surface area contributed by atoms with Crippen LogP contribution in [0.2, 0.25) is 0 Å². The number of nitrogens with one attached hydrogen (secondary N) is 1. The van der Waals surface area contributed by atoms with Gasteiger partial charge < -0.3 is 9.47 Å². The van der Waals surface area contributed by atoms with Gasteiger partial charge in [-0.15, -0.1) is 4.98 Å². The third kappa shape index (κ3) is 3.55. The third-order valence-electron chi connectivity index (χ3n) is 2.45. The Hall–Kier alpha value is -2.41. The van der Waals surface area contributed by atoms with Crippen LogP contribution in [0, 0.1) is 6.92 Å². The SMILES string of the molecule is CCCOc1nc(NN)nc(Oc2ccccc2C)n1. The van der Waals surface area contributed by atoms with Gasteiger partial charge in [-0.1, -0.05) is 25.1 Å². The van der Waals surface area contributed by atoms with Gasteiger partial charge in [-0.2, -0.15) is 9.97 Å². The van der Waals surface area contributed by atoms with Crippen LogP contribution in [0.3, 0.4) is 0 Å². The van der Waals surface area contributed by atoms with Crippen molar-refractivity contribution in [2.24, 2.45) is 5.84 Å². The summed E-state index contributed by atoms with van der Waals surface area (Å²) in [5.41, 5.74) is 3.34. The second kappa shape index (κ2) is 6.67. The quantitative estimate of drug-likeness (QED) is 0.615. The van der Waals surface area contributed by atoms with Gasteiger partial charge in [0.15, 0.2) is 0 Å². The minimum atomic E-state index is 0.133. The molecular formula is C13H17N5O2. The lowest BCUT2D eigenvalue weighted by Gasteiger charge is -2.09. The summed E-state index contributed by atoms with van der Waals surface area (Å²) in [6.45, 7) is 4.44. The molecule has 3 N–H and O–H groups in total. The predicted molar refractivity (Wildman–Crippen MR) is 74.7 cm³/mol. The molecular weight excluding hydrogens is 258 g/mol. The van der Waals surface area contributed by atoms with E-state index in [9.17, 15) is 0 Å². The molecule has 2 rings (SSSR count). The molecule has 2 aromatic rings. The predicted octanol–water partition coefficient (Wildman–Crippen LogP) is 2.05. The van der Waals surface area contributed by atoms with Crippen LogP contribution in [0.25, 0.3) is 0 Å². The summed E-state index contributed by atoms with van der Waals surface area (Å²) in [6.07, 6.45) is 0.852. The maximum Gasteiger partial charge on any atom is 0.330 e. The maximum atomic E-state index is 5.63. The van der Waals surface area contributed by atoms with Crippen molar-refractivity contribution in [3.8, 4) is 17.8 Å². The van der Waals surface area contributed by atoms with E-state index in [-0.39, 0.29) is 18.0 Å². The van der Waals surface area contributed by atoms with Crippen molar-refractivity contribution >= 4 is 5.95 Å². The van der Waals surface area contributed by atoms with Crippen LogP contribution in [0.1, 0.15) is 18.9 Å². The molecule has 0 saturated heterocycles.